The molecule has 0 saturated carbocycles. The van der Waals surface area contributed by atoms with E-state index < -0.39 is 9.84 Å². The van der Waals surface area contributed by atoms with Gasteiger partial charge in [-0.1, -0.05) is 13.3 Å². The minimum atomic E-state index is -2.89. The molecule has 0 bridgehead atoms. The lowest BCUT2D eigenvalue weighted by Gasteiger charge is -2.23. The van der Waals surface area contributed by atoms with Crippen LogP contribution in [0.4, 0.5) is 11.8 Å². The highest BCUT2D eigenvalue weighted by Crippen LogP contribution is 2.20. The van der Waals surface area contributed by atoms with Gasteiger partial charge in [0.2, 0.25) is 5.95 Å². The monoisotopic (exact) mass is 298 g/mol. The normalized spacial score (nSPS) is 20.8. The van der Waals surface area contributed by atoms with Crippen LogP contribution in [0.5, 0.6) is 0 Å². The van der Waals surface area contributed by atoms with Crippen molar-refractivity contribution < 1.29 is 8.42 Å². The van der Waals surface area contributed by atoms with Crippen LogP contribution in [0.3, 0.4) is 0 Å². The molecule has 1 aromatic rings. The van der Waals surface area contributed by atoms with Gasteiger partial charge in [-0.15, -0.1) is 0 Å². The molecule has 1 aliphatic heterocycles. The molecule has 1 N–H and O–H groups in total. The van der Waals surface area contributed by atoms with Crippen LogP contribution >= 0.6 is 0 Å². The lowest BCUT2D eigenvalue weighted by Crippen LogP contribution is -2.33. The van der Waals surface area contributed by atoms with E-state index in [0.29, 0.717) is 12.4 Å². The molecule has 0 aromatic carbocycles. The summed E-state index contributed by atoms with van der Waals surface area (Å²) in [6, 6.07) is 1.81. The van der Waals surface area contributed by atoms with Gasteiger partial charge >= 0.3 is 0 Å². The molecule has 112 valence electrons. The molecule has 20 heavy (non-hydrogen) atoms. The number of nitrogens with zero attached hydrogens (tertiary/aromatic N) is 3. The Bertz CT molecular complexity index is 547. The maximum absolute atomic E-state index is 11.5. The fraction of sp³-hybridized carbons (Fsp3) is 0.692. The fourth-order valence-corrected chi connectivity index (χ4v) is 4.03. The maximum atomic E-state index is 11.5. The number of sulfone groups is 1. The second kappa shape index (κ2) is 6.39. The van der Waals surface area contributed by atoms with Crippen LogP contribution in [0.15, 0.2) is 12.3 Å². The van der Waals surface area contributed by atoms with Gasteiger partial charge < -0.3 is 10.2 Å². The summed E-state index contributed by atoms with van der Waals surface area (Å²) in [7, 11) is -1.03. The molecular formula is C13H22N4O2S. The predicted molar refractivity (Wildman–Crippen MR) is 80.9 cm³/mol. The molecule has 0 spiro atoms. The smallest absolute Gasteiger partial charge is 0.227 e. The van der Waals surface area contributed by atoms with Crippen molar-refractivity contribution in [1.82, 2.24) is 9.97 Å². The molecule has 2 heterocycles. The third kappa shape index (κ3) is 3.82. The first kappa shape index (κ1) is 15.0. The molecule has 7 heteroatoms. The highest BCUT2D eigenvalue weighted by atomic mass is 32.2. The first-order chi connectivity index (χ1) is 9.52. The summed E-state index contributed by atoms with van der Waals surface area (Å²) in [6.45, 7) is 3.02. The van der Waals surface area contributed by atoms with E-state index in [4.69, 9.17) is 0 Å². The fourth-order valence-electron chi connectivity index (χ4n) is 2.25. The van der Waals surface area contributed by atoms with E-state index >= 15 is 0 Å². The Hall–Kier alpha value is -1.37. The van der Waals surface area contributed by atoms with E-state index in [-0.39, 0.29) is 17.5 Å². The van der Waals surface area contributed by atoms with Crippen molar-refractivity contribution in [2.24, 2.45) is 0 Å². The van der Waals surface area contributed by atoms with Crippen LogP contribution < -0.4 is 10.2 Å². The van der Waals surface area contributed by atoms with Crippen molar-refractivity contribution in [3.05, 3.63) is 12.3 Å². The molecular weight excluding hydrogens is 276 g/mol. The van der Waals surface area contributed by atoms with Crippen molar-refractivity contribution >= 4 is 21.6 Å². The summed E-state index contributed by atoms with van der Waals surface area (Å²) in [5.74, 6) is 1.82. The topological polar surface area (TPSA) is 75.2 Å². The molecule has 1 unspecified atom stereocenters. The van der Waals surface area contributed by atoms with E-state index in [1.165, 1.54) is 0 Å². The SMILES string of the molecule is CCCCNc1ccnc(N(C)C2CCS(=O)(=O)C2)n1. The van der Waals surface area contributed by atoms with Gasteiger partial charge in [0.25, 0.3) is 0 Å². The zero-order valence-electron chi connectivity index (χ0n) is 12.0. The average Bonchev–Trinajstić information content (AvgIpc) is 2.79. The molecule has 1 atom stereocenters. The van der Waals surface area contributed by atoms with Gasteiger partial charge in [0, 0.05) is 25.8 Å². The minimum Gasteiger partial charge on any atom is -0.370 e. The van der Waals surface area contributed by atoms with Crippen LogP contribution in [-0.4, -0.2) is 49.5 Å². The van der Waals surface area contributed by atoms with E-state index in [1.807, 2.05) is 18.0 Å². The van der Waals surface area contributed by atoms with Crippen LogP contribution in [0, 0.1) is 0 Å². The van der Waals surface area contributed by atoms with Gasteiger partial charge in [-0.3, -0.25) is 0 Å². The maximum Gasteiger partial charge on any atom is 0.227 e. The Kier molecular flexibility index (Phi) is 4.80. The summed E-state index contributed by atoms with van der Waals surface area (Å²) in [5, 5.41) is 3.25. The summed E-state index contributed by atoms with van der Waals surface area (Å²) in [5.41, 5.74) is 0. The molecule has 1 fully saturated rings. The van der Waals surface area contributed by atoms with Crippen LogP contribution in [0.2, 0.25) is 0 Å². The van der Waals surface area contributed by atoms with E-state index in [9.17, 15) is 8.42 Å². The van der Waals surface area contributed by atoms with Gasteiger partial charge in [-0.25, -0.2) is 13.4 Å². The Labute approximate surface area is 120 Å². The summed E-state index contributed by atoms with van der Waals surface area (Å²) in [4.78, 5) is 10.6. The molecule has 6 nitrogen and oxygen atoms in total. The zero-order chi connectivity index (χ0) is 14.6. The van der Waals surface area contributed by atoms with Crippen molar-refractivity contribution in [2.75, 3.05) is 35.3 Å². The number of anilines is 2. The number of nitrogens with one attached hydrogen (secondary N) is 1. The Morgan fingerprint density at radius 2 is 2.30 bits per heavy atom. The molecule has 2 rings (SSSR count). The minimum absolute atomic E-state index is 0.0223. The van der Waals surface area contributed by atoms with Gasteiger partial charge in [-0.2, -0.15) is 4.98 Å². The van der Waals surface area contributed by atoms with E-state index in [1.54, 1.807) is 6.20 Å². The Morgan fingerprint density at radius 3 is 2.95 bits per heavy atom. The van der Waals surface area contributed by atoms with Gasteiger partial charge in [0.15, 0.2) is 9.84 Å². The number of rotatable bonds is 6. The largest absolute Gasteiger partial charge is 0.370 e. The first-order valence-corrected chi connectivity index (χ1v) is 8.84. The van der Waals surface area contributed by atoms with Crippen molar-refractivity contribution in [1.29, 1.82) is 0 Å². The summed E-state index contributed by atoms with van der Waals surface area (Å²) in [6.07, 6.45) is 4.58. The van der Waals surface area contributed by atoms with Gasteiger partial charge in [0.1, 0.15) is 5.82 Å². The molecule has 1 aliphatic rings. The third-order valence-electron chi connectivity index (χ3n) is 3.55. The van der Waals surface area contributed by atoms with Gasteiger partial charge in [0.05, 0.1) is 11.5 Å². The number of hydrogen-bond acceptors (Lipinski definition) is 6. The van der Waals surface area contributed by atoms with E-state index in [0.717, 1.165) is 25.2 Å². The average molecular weight is 298 g/mol. The standard InChI is InChI=1S/C13H22N4O2S/c1-3-4-7-14-12-5-8-15-13(16-12)17(2)11-6-9-20(18,19)10-11/h5,8,11H,3-4,6-7,9-10H2,1-2H3,(H,14,15,16). The van der Waals surface area contributed by atoms with Crippen LogP contribution in [0.1, 0.15) is 26.2 Å². The third-order valence-corrected chi connectivity index (χ3v) is 5.30. The number of unbranched alkanes of at least 4 members (excludes halogenated alkanes) is 1. The molecule has 0 amide bonds. The first-order valence-electron chi connectivity index (χ1n) is 7.02. The molecule has 0 aliphatic carbocycles. The second-order valence-corrected chi connectivity index (χ2v) is 7.42. The summed E-state index contributed by atoms with van der Waals surface area (Å²) < 4.78 is 23.1. The number of aromatic nitrogens is 2. The lowest BCUT2D eigenvalue weighted by molar-refractivity contribution is 0.600. The van der Waals surface area contributed by atoms with Crippen LogP contribution in [0.25, 0.3) is 0 Å². The van der Waals surface area contributed by atoms with Crippen molar-refractivity contribution in [3.63, 3.8) is 0 Å². The highest BCUT2D eigenvalue weighted by molar-refractivity contribution is 7.91. The molecule has 0 radical (unpaired) electrons. The van der Waals surface area contributed by atoms with E-state index in [2.05, 4.69) is 22.2 Å². The van der Waals surface area contributed by atoms with Crippen LogP contribution in [-0.2, 0) is 9.84 Å². The summed E-state index contributed by atoms with van der Waals surface area (Å²) >= 11 is 0. The van der Waals surface area contributed by atoms with Crippen molar-refractivity contribution in [2.45, 2.75) is 32.2 Å². The number of hydrogen-bond donors (Lipinski definition) is 1. The van der Waals surface area contributed by atoms with Crippen molar-refractivity contribution in [3.8, 4) is 0 Å². The molecule has 1 aromatic heterocycles. The van der Waals surface area contributed by atoms with Gasteiger partial charge in [-0.05, 0) is 18.9 Å². The Balaban J connectivity index is 2.03. The quantitative estimate of drug-likeness (QED) is 0.798. The highest BCUT2D eigenvalue weighted by Gasteiger charge is 2.31. The predicted octanol–water partition coefficient (Wildman–Crippen LogP) is 1.31. The second-order valence-electron chi connectivity index (χ2n) is 5.19. The Morgan fingerprint density at radius 1 is 1.50 bits per heavy atom. The zero-order valence-corrected chi connectivity index (χ0v) is 12.9. The lowest BCUT2D eigenvalue weighted by atomic mass is 10.2. The molecule has 1 saturated heterocycles.